The summed E-state index contributed by atoms with van der Waals surface area (Å²) < 4.78 is 5.10. The van der Waals surface area contributed by atoms with Crippen molar-refractivity contribution in [1.82, 2.24) is 15.0 Å². The van der Waals surface area contributed by atoms with E-state index in [-0.39, 0.29) is 5.95 Å². The minimum absolute atomic E-state index is 0.159. The van der Waals surface area contributed by atoms with E-state index in [0.717, 1.165) is 22.3 Å². The number of para-hydroxylation sites is 1. The summed E-state index contributed by atoms with van der Waals surface area (Å²) in [6.45, 7) is 1.95. The van der Waals surface area contributed by atoms with Crippen molar-refractivity contribution < 1.29 is 4.74 Å². The number of anilines is 3. The summed E-state index contributed by atoms with van der Waals surface area (Å²) in [6, 6.07) is 11.6. The molecule has 6 nitrogen and oxygen atoms in total. The van der Waals surface area contributed by atoms with Crippen LogP contribution >= 0.6 is 0 Å². The van der Waals surface area contributed by atoms with Gasteiger partial charge < -0.3 is 15.8 Å². The van der Waals surface area contributed by atoms with Crippen molar-refractivity contribution in [2.24, 2.45) is 0 Å². The predicted molar refractivity (Wildman–Crippen MR) is 82.8 cm³/mol. The van der Waals surface area contributed by atoms with Crippen molar-refractivity contribution >= 4 is 28.4 Å². The number of pyridine rings is 1. The third-order valence-corrected chi connectivity index (χ3v) is 3.04. The molecule has 0 spiro atoms. The van der Waals surface area contributed by atoms with Crippen LogP contribution in [0.15, 0.2) is 36.4 Å². The van der Waals surface area contributed by atoms with Crippen molar-refractivity contribution in [3.8, 4) is 5.88 Å². The van der Waals surface area contributed by atoms with Crippen LogP contribution in [0, 0.1) is 6.92 Å². The SMILES string of the molecule is COc1cc(Nc2cc(C)nc3ccccc23)nc(N)n1. The first-order valence-corrected chi connectivity index (χ1v) is 6.47. The predicted octanol–water partition coefficient (Wildman–Crippen LogP) is 2.67. The number of benzene rings is 1. The molecule has 0 aliphatic heterocycles. The van der Waals surface area contributed by atoms with E-state index in [1.165, 1.54) is 7.11 Å². The summed E-state index contributed by atoms with van der Waals surface area (Å²) in [5, 5.41) is 4.27. The van der Waals surface area contributed by atoms with Crippen molar-refractivity contribution in [3.63, 3.8) is 0 Å². The molecule has 1 aromatic carbocycles. The minimum Gasteiger partial charge on any atom is -0.481 e. The van der Waals surface area contributed by atoms with Crippen molar-refractivity contribution in [2.45, 2.75) is 6.92 Å². The van der Waals surface area contributed by atoms with E-state index in [1.807, 2.05) is 37.3 Å². The number of hydrogen-bond acceptors (Lipinski definition) is 6. The normalized spacial score (nSPS) is 10.6. The smallest absolute Gasteiger partial charge is 0.225 e. The van der Waals surface area contributed by atoms with Gasteiger partial charge in [0.1, 0.15) is 5.82 Å². The monoisotopic (exact) mass is 281 g/mol. The van der Waals surface area contributed by atoms with Gasteiger partial charge in [0.05, 0.1) is 18.3 Å². The number of ether oxygens (including phenoxy) is 1. The van der Waals surface area contributed by atoms with Gasteiger partial charge >= 0.3 is 0 Å². The van der Waals surface area contributed by atoms with Crippen molar-refractivity contribution in [1.29, 1.82) is 0 Å². The Morgan fingerprint density at radius 2 is 1.90 bits per heavy atom. The third kappa shape index (κ3) is 2.69. The molecule has 0 unspecified atom stereocenters. The number of nitrogens with two attached hydrogens (primary N) is 1. The van der Waals surface area contributed by atoms with Gasteiger partial charge in [0.25, 0.3) is 0 Å². The maximum Gasteiger partial charge on any atom is 0.225 e. The summed E-state index contributed by atoms with van der Waals surface area (Å²) >= 11 is 0. The topological polar surface area (TPSA) is 86.0 Å². The molecule has 21 heavy (non-hydrogen) atoms. The number of nitrogens with one attached hydrogen (secondary N) is 1. The first-order valence-electron chi connectivity index (χ1n) is 6.47. The molecule has 0 aliphatic carbocycles. The number of nitrogens with zero attached hydrogens (tertiary/aromatic N) is 3. The van der Waals surface area contributed by atoms with Crippen LogP contribution in [0.2, 0.25) is 0 Å². The summed E-state index contributed by atoms with van der Waals surface area (Å²) in [7, 11) is 1.54. The van der Waals surface area contributed by atoms with Gasteiger partial charge in [0.2, 0.25) is 11.8 Å². The molecule has 0 saturated carbocycles. The number of nitrogen functional groups attached to an aromatic ring is 1. The second-order valence-electron chi connectivity index (χ2n) is 4.61. The van der Waals surface area contributed by atoms with E-state index < -0.39 is 0 Å². The highest BCUT2D eigenvalue weighted by Crippen LogP contribution is 2.26. The molecule has 0 radical (unpaired) electrons. The quantitative estimate of drug-likeness (QED) is 0.767. The van der Waals surface area contributed by atoms with Crippen LogP contribution in [0.5, 0.6) is 5.88 Å². The fourth-order valence-electron chi connectivity index (χ4n) is 2.16. The van der Waals surface area contributed by atoms with Gasteiger partial charge in [-0.05, 0) is 19.1 Å². The summed E-state index contributed by atoms with van der Waals surface area (Å²) in [5.41, 5.74) is 8.44. The fourth-order valence-corrected chi connectivity index (χ4v) is 2.16. The molecule has 2 heterocycles. The van der Waals surface area contributed by atoms with Crippen molar-refractivity contribution in [2.75, 3.05) is 18.2 Å². The number of hydrogen-bond donors (Lipinski definition) is 2. The van der Waals surface area contributed by atoms with E-state index in [0.29, 0.717) is 11.7 Å². The van der Waals surface area contributed by atoms with E-state index in [2.05, 4.69) is 20.3 Å². The Labute approximate surface area is 122 Å². The van der Waals surface area contributed by atoms with Gasteiger partial charge in [-0.15, -0.1) is 0 Å². The maximum atomic E-state index is 5.68. The zero-order chi connectivity index (χ0) is 14.8. The third-order valence-electron chi connectivity index (χ3n) is 3.04. The highest BCUT2D eigenvalue weighted by Gasteiger charge is 2.07. The molecule has 0 bridgehead atoms. The molecule has 3 N–H and O–H groups in total. The molecular formula is C15H15N5O. The molecule has 3 aromatic rings. The van der Waals surface area contributed by atoms with Crippen LogP contribution in [0.3, 0.4) is 0 Å². The average Bonchev–Trinajstić information content (AvgIpc) is 2.46. The molecule has 0 amide bonds. The lowest BCUT2D eigenvalue weighted by molar-refractivity contribution is 0.398. The Kier molecular flexibility index (Phi) is 3.27. The Morgan fingerprint density at radius 1 is 1.10 bits per heavy atom. The van der Waals surface area contributed by atoms with E-state index in [4.69, 9.17) is 10.5 Å². The molecule has 2 aromatic heterocycles. The molecule has 0 saturated heterocycles. The van der Waals surface area contributed by atoms with Gasteiger partial charge in [-0.1, -0.05) is 18.2 Å². The van der Waals surface area contributed by atoms with Crippen LogP contribution in [0.1, 0.15) is 5.69 Å². The highest BCUT2D eigenvalue weighted by molar-refractivity contribution is 5.92. The Hall–Kier alpha value is -2.89. The van der Waals surface area contributed by atoms with E-state index in [9.17, 15) is 0 Å². The molecular weight excluding hydrogens is 266 g/mol. The number of rotatable bonds is 3. The van der Waals surface area contributed by atoms with Gasteiger partial charge in [-0.2, -0.15) is 9.97 Å². The minimum atomic E-state index is 0.159. The summed E-state index contributed by atoms with van der Waals surface area (Å²) in [6.07, 6.45) is 0. The Balaban J connectivity index is 2.07. The van der Waals surface area contributed by atoms with Gasteiger partial charge in [0, 0.05) is 17.1 Å². The van der Waals surface area contributed by atoms with E-state index in [1.54, 1.807) is 6.07 Å². The Bertz CT molecular complexity index is 803. The lowest BCUT2D eigenvalue weighted by Gasteiger charge is -2.11. The number of methoxy groups -OCH3 is 1. The Morgan fingerprint density at radius 3 is 2.71 bits per heavy atom. The second kappa shape index (κ2) is 5.24. The number of aromatic nitrogens is 3. The largest absolute Gasteiger partial charge is 0.481 e. The zero-order valence-corrected chi connectivity index (χ0v) is 11.8. The van der Waals surface area contributed by atoms with Crippen LogP contribution in [-0.2, 0) is 0 Å². The molecule has 106 valence electrons. The molecule has 3 rings (SSSR count). The van der Waals surface area contributed by atoms with E-state index >= 15 is 0 Å². The van der Waals surface area contributed by atoms with Gasteiger partial charge in [0.15, 0.2) is 0 Å². The van der Waals surface area contributed by atoms with Gasteiger partial charge in [-0.25, -0.2) is 0 Å². The van der Waals surface area contributed by atoms with Crippen LogP contribution in [-0.4, -0.2) is 22.1 Å². The van der Waals surface area contributed by atoms with Crippen LogP contribution < -0.4 is 15.8 Å². The van der Waals surface area contributed by atoms with Gasteiger partial charge in [-0.3, -0.25) is 4.98 Å². The standard InChI is InChI=1S/C15H15N5O/c1-9-7-12(10-5-3-4-6-11(10)17-9)18-13-8-14(21-2)20-15(16)19-13/h3-8H,1-2H3,(H3,16,17,18,19,20). The first kappa shape index (κ1) is 13.1. The number of aryl methyl sites for hydroxylation is 1. The van der Waals surface area contributed by atoms with Crippen LogP contribution in [0.25, 0.3) is 10.9 Å². The van der Waals surface area contributed by atoms with Crippen molar-refractivity contribution in [3.05, 3.63) is 42.1 Å². The summed E-state index contributed by atoms with van der Waals surface area (Å²) in [4.78, 5) is 12.6. The first-order chi connectivity index (χ1) is 10.2. The zero-order valence-electron chi connectivity index (χ0n) is 11.8. The molecule has 0 atom stereocenters. The highest BCUT2D eigenvalue weighted by atomic mass is 16.5. The molecule has 0 fully saturated rings. The maximum absolute atomic E-state index is 5.68. The fraction of sp³-hybridized carbons (Fsp3) is 0.133. The summed E-state index contributed by atoms with van der Waals surface area (Å²) in [5.74, 6) is 1.15. The second-order valence-corrected chi connectivity index (χ2v) is 4.61. The average molecular weight is 281 g/mol. The molecule has 0 aliphatic rings. The van der Waals surface area contributed by atoms with Crippen LogP contribution in [0.4, 0.5) is 17.5 Å². The lowest BCUT2D eigenvalue weighted by Crippen LogP contribution is -2.02. The lowest BCUT2D eigenvalue weighted by atomic mass is 10.1. The number of fused-ring (bicyclic) bond motifs is 1. The molecule has 6 heteroatoms.